The van der Waals surface area contributed by atoms with Gasteiger partial charge in [0.05, 0.1) is 18.2 Å². The minimum absolute atomic E-state index is 0.00273. The zero-order chi connectivity index (χ0) is 8.97. The van der Waals surface area contributed by atoms with Gasteiger partial charge in [0, 0.05) is 6.20 Å². The molecule has 0 saturated carbocycles. The lowest BCUT2D eigenvalue weighted by Gasteiger charge is -1.96. The van der Waals surface area contributed by atoms with Crippen molar-refractivity contribution in [1.29, 1.82) is 0 Å². The van der Waals surface area contributed by atoms with Gasteiger partial charge in [0.15, 0.2) is 11.6 Å². The molecule has 1 aromatic rings. The molecule has 12 heavy (non-hydrogen) atoms. The number of Topliss-reactive ketones (excluding diaryl/α,β-unsaturated/α-hetero) is 1. The Balaban J connectivity index is 2.97. The van der Waals surface area contributed by atoms with Gasteiger partial charge < -0.3 is 0 Å². The third-order valence-electron chi connectivity index (χ3n) is 1.34. The smallest absolute Gasteiger partial charge is 0.177 e. The van der Waals surface area contributed by atoms with Crippen LogP contribution in [0.2, 0.25) is 0 Å². The number of halogens is 1. The summed E-state index contributed by atoms with van der Waals surface area (Å²) in [6.07, 6.45) is 7.17. The molecule has 0 aliphatic heterocycles. The lowest BCUT2D eigenvalue weighted by molar-refractivity contribution is 0.0994. The lowest BCUT2D eigenvalue weighted by Crippen LogP contribution is -2.01. The molecule has 60 valence electrons. The average Bonchev–Trinajstić information content (AvgIpc) is 2.05. The monoisotopic (exact) mass is 163 g/mol. The van der Waals surface area contributed by atoms with E-state index in [0.717, 1.165) is 6.20 Å². The molecular formula is C9H6FNO. The van der Waals surface area contributed by atoms with E-state index >= 15 is 0 Å². The normalized spacial score (nSPS) is 9.00. The maximum atomic E-state index is 12.8. The number of carbonyl (C=O) groups is 1. The number of terminal acetylenes is 1. The van der Waals surface area contributed by atoms with Crippen molar-refractivity contribution in [2.45, 2.75) is 6.42 Å². The number of carbonyl (C=O) groups excluding carboxylic acids is 1. The van der Waals surface area contributed by atoms with Crippen molar-refractivity contribution in [3.05, 3.63) is 29.8 Å². The maximum Gasteiger partial charge on any atom is 0.177 e. The maximum absolute atomic E-state index is 12.8. The van der Waals surface area contributed by atoms with Gasteiger partial charge in [0.2, 0.25) is 0 Å². The van der Waals surface area contributed by atoms with Gasteiger partial charge in [-0.15, -0.1) is 6.42 Å². The Morgan fingerprint density at radius 2 is 2.50 bits per heavy atom. The number of aromatic nitrogens is 1. The van der Waals surface area contributed by atoms with Crippen LogP contribution >= 0.6 is 0 Å². The summed E-state index contributed by atoms with van der Waals surface area (Å²) in [5.41, 5.74) is 0.00273. The Morgan fingerprint density at radius 1 is 1.75 bits per heavy atom. The number of hydrogen-bond acceptors (Lipinski definition) is 2. The fraction of sp³-hybridized carbons (Fsp3) is 0.111. The standard InChI is InChI=1S/C9H6FNO/c1-2-3-9(12)7-4-5-11-6-8(7)10/h1,4-6H,3H2. The first-order chi connectivity index (χ1) is 5.75. The van der Waals surface area contributed by atoms with Crippen LogP contribution in [0.3, 0.4) is 0 Å². The molecule has 0 aliphatic rings. The van der Waals surface area contributed by atoms with E-state index in [1.54, 1.807) is 0 Å². The molecule has 1 heterocycles. The van der Waals surface area contributed by atoms with Crippen LogP contribution < -0.4 is 0 Å². The second kappa shape index (κ2) is 3.63. The third-order valence-corrected chi connectivity index (χ3v) is 1.34. The van der Waals surface area contributed by atoms with Crippen molar-refractivity contribution in [2.24, 2.45) is 0 Å². The van der Waals surface area contributed by atoms with Gasteiger partial charge in [0.25, 0.3) is 0 Å². The number of nitrogens with zero attached hydrogens (tertiary/aromatic N) is 1. The summed E-state index contributed by atoms with van der Waals surface area (Å²) in [6, 6.07) is 1.31. The van der Waals surface area contributed by atoms with E-state index in [4.69, 9.17) is 6.42 Å². The lowest BCUT2D eigenvalue weighted by atomic mass is 10.1. The fourth-order valence-electron chi connectivity index (χ4n) is 0.789. The summed E-state index contributed by atoms with van der Waals surface area (Å²) in [7, 11) is 0. The first-order valence-corrected chi connectivity index (χ1v) is 3.32. The van der Waals surface area contributed by atoms with Crippen LogP contribution in [0.4, 0.5) is 4.39 Å². The largest absolute Gasteiger partial charge is 0.293 e. The summed E-state index contributed by atoms with van der Waals surface area (Å²) in [5.74, 6) is 1.14. The zero-order valence-corrected chi connectivity index (χ0v) is 6.25. The van der Waals surface area contributed by atoms with Crippen molar-refractivity contribution in [2.75, 3.05) is 0 Å². The van der Waals surface area contributed by atoms with E-state index in [9.17, 15) is 9.18 Å². The Hall–Kier alpha value is -1.69. The summed E-state index contributed by atoms with van der Waals surface area (Å²) in [4.78, 5) is 14.6. The van der Waals surface area contributed by atoms with Gasteiger partial charge in [-0.1, -0.05) is 5.92 Å². The van der Waals surface area contributed by atoms with Crippen LogP contribution in [0.25, 0.3) is 0 Å². The molecule has 2 nitrogen and oxygen atoms in total. The highest BCUT2D eigenvalue weighted by molar-refractivity contribution is 5.97. The predicted octanol–water partition coefficient (Wildman–Crippen LogP) is 1.43. The van der Waals surface area contributed by atoms with Gasteiger partial charge >= 0.3 is 0 Å². The molecule has 0 spiro atoms. The van der Waals surface area contributed by atoms with Crippen LogP contribution in [-0.2, 0) is 0 Å². The van der Waals surface area contributed by atoms with Crippen molar-refractivity contribution in [3.8, 4) is 12.3 Å². The molecular weight excluding hydrogens is 157 g/mol. The Labute approximate surface area is 69.4 Å². The van der Waals surface area contributed by atoms with Gasteiger partial charge in [0.1, 0.15) is 0 Å². The molecule has 0 aromatic carbocycles. The SMILES string of the molecule is C#CCC(=O)c1ccncc1F. The summed E-state index contributed by atoms with van der Waals surface area (Å²) >= 11 is 0. The number of ketones is 1. The summed E-state index contributed by atoms with van der Waals surface area (Å²) in [6.45, 7) is 0. The third kappa shape index (κ3) is 1.67. The number of pyridine rings is 1. The van der Waals surface area contributed by atoms with Crippen molar-refractivity contribution in [3.63, 3.8) is 0 Å². The van der Waals surface area contributed by atoms with Gasteiger partial charge in [-0.2, -0.15) is 0 Å². The van der Waals surface area contributed by atoms with Crippen LogP contribution in [0.15, 0.2) is 18.5 Å². The first-order valence-electron chi connectivity index (χ1n) is 3.32. The second-order valence-electron chi connectivity index (χ2n) is 2.16. The summed E-state index contributed by atoms with van der Waals surface area (Å²) < 4.78 is 12.8. The fourth-order valence-corrected chi connectivity index (χ4v) is 0.789. The van der Waals surface area contributed by atoms with Crippen LogP contribution in [-0.4, -0.2) is 10.8 Å². The molecule has 0 amide bonds. The van der Waals surface area contributed by atoms with Crippen molar-refractivity contribution in [1.82, 2.24) is 4.98 Å². The molecule has 0 radical (unpaired) electrons. The first kappa shape index (κ1) is 8.41. The molecule has 0 bridgehead atoms. The Bertz CT molecular complexity index is 341. The van der Waals surface area contributed by atoms with Gasteiger partial charge in [-0.3, -0.25) is 9.78 Å². The Kier molecular flexibility index (Phi) is 2.54. The molecule has 0 N–H and O–H groups in total. The van der Waals surface area contributed by atoms with E-state index in [-0.39, 0.29) is 12.0 Å². The Morgan fingerprint density at radius 3 is 3.08 bits per heavy atom. The van der Waals surface area contributed by atoms with Crippen molar-refractivity contribution < 1.29 is 9.18 Å². The predicted molar refractivity (Wildman–Crippen MR) is 42.0 cm³/mol. The van der Waals surface area contributed by atoms with E-state index in [1.807, 2.05) is 0 Å². The molecule has 0 aliphatic carbocycles. The van der Waals surface area contributed by atoms with Crippen LogP contribution in [0.5, 0.6) is 0 Å². The topological polar surface area (TPSA) is 30.0 Å². The minimum atomic E-state index is -0.627. The van der Waals surface area contributed by atoms with E-state index in [0.29, 0.717) is 0 Å². The van der Waals surface area contributed by atoms with Crippen LogP contribution in [0.1, 0.15) is 16.8 Å². The van der Waals surface area contributed by atoms with Crippen LogP contribution in [0, 0.1) is 18.2 Å². The molecule has 0 atom stereocenters. The van der Waals surface area contributed by atoms with Crippen molar-refractivity contribution >= 4 is 5.78 Å². The second-order valence-corrected chi connectivity index (χ2v) is 2.16. The highest BCUT2D eigenvalue weighted by Gasteiger charge is 2.08. The zero-order valence-electron chi connectivity index (χ0n) is 6.25. The number of hydrogen-bond donors (Lipinski definition) is 0. The quantitative estimate of drug-likeness (QED) is 0.487. The molecule has 1 rings (SSSR count). The molecule has 0 fully saturated rings. The molecule has 1 aromatic heterocycles. The summed E-state index contributed by atoms with van der Waals surface area (Å²) in [5, 5.41) is 0. The number of rotatable bonds is 2. The highest BCUT2D eigenvalue weighted by atomic mass is 19.1. The molecule has 0 unspecified atom stereocenters. The van der Waals surface area contributed by atoms with Gasteiger partial charge in [-0.05, 0) is 6.07 Å². The van der Waals surface area contributed by atoms with Gasteiger partial charge in [-0.25, -0.2) is 4.39 Å². The van der Waals surface area contributed by atoms with E-state index < -0.39 is 11.6 Å². The average molecular weight is 163 g/mol. The molecule has 0 saturated heterocycles. The van der Waals surface area contributed by atoms with E-state index in [2.05, 4.69) is 10.9 Å². The highest BCUT2D eigenvalue weighted by Crippen LogP contribution is 2.06. The van der Waals surface area contributed by atoms with E-state index in [1.165, 1.54) is 12.3 Å². The minimum Gasteiger partial charge on any atom is -0.293 e. The molecule has 3 heteroatoms.